The van der Waals surface area contributed by atoms with Gasteiger partial charge in [0.05, 0.1) is 16.6 Å². The maximum absolute atomic E-state index is 12.7. The summed E-state index contributed by atoms with van der Waals surface area (Å²) in [4.78, 5) is 18.2. The van der Waals surface area contributed by atoms with Crippen molar-refractivity contribution in [2.75, 3.05) is 12.3 Å². The first-order valence-electron chi connectivity index (χ1n) is 8.51. The van der Waals surface area contributed by atoms with Gasteiger partial charge in [0, 0.05) is 40.4 Å². The number of carbonyl (C=O) groups excluding carboxylic acids is 1. The molecule has 138 valence electrons. The van der Waals surface area contributed by atoms with Crippen LogP contribution < -0.4 is 5.32 Å². The first-order chi connectivity index (χ1) is 11.6. The predicted octanol–water partition coefficient (Wildman–Crippen LogP) is 4.04. The molecule has 0 fully saturated rings. The second-order valence-corrected chi connectivity index (χ2v) is 10.8. The summed E-state index contributed by atoms with van der Waals surface area (Å²) >= 11 is 3.54. The summed E-state index contributed by atoms with van der Waals surface area (Å²) < 4.78 is 1.98. The molecule has 0 unspecified atom stereocenters. The lowest BCUT2D eigenvalue weighted by atomic mass is 10.2. The van der Waals surface area contributed by atoms with Gasteiger partial charge in [-0.05, 0) is 6.92 Å². The molecular formula is C18H28N4OS2. The van der Waals surface area contributed by atoms with Crippen molar-refractivity contribution in [1.29, 1.82) is 0 Å². The van der Waals surface area contributed by atoms with E-state index in [1.54, 1.807) is 22.6 Å². The molecule has 25 heavy (non-hydrogen) atoms. The fourth-order valence-corrected chi connectivity index (χ4v) is 4.43. The van der Waals surface area contributed by atoms with E-state index in [-0.39, 0.29) is 10.7 Å². The standard InChI is InChI=1S/C18H28N4OS2/c1-11(2)25-15-13(17(23)19-8-9-24-18(4,5)6)10-20-16-14(15)12(3)21-22(16)7/h10-11H,8-9H2,1-7H3,(H,19,23). The number of nitrogens with one attached hydrogen (secondary N) is 1. The van der Waals surface area contributed by atoms with Gasteiger partial charge in [0.1, 0.15) is 0 Å². The van der Waals surface area contributed by atoms with Crippen LogP contribution in [0.4, 0.5) is 0 Å². The molecule has 2 aromatic rings. The van der Waals surface area contributed by atoms with Gasteiger partial charge in [-0.3, -0.25) is 9.48 Å². The lowest BCUT2D eigenvalue weighted by molar-refractivity contribution is 0.0953. The highest BCUT2D eigenvalue weighted by molar-refractivity contribution is 8.00. The summed E-state index contributed by atoms with van der Waals surface area (Å²) in [7, 11) is 1.88. The van der Waals surface area contributed by atoms with Crippen LogP contribution in [0, 0.1) is 6.92 Å². The zero-order valence-corrected chi connectivity index (χ0v) is 17.8. The van der Waals surface area contributed by atoms with E-state index in [4.69, 9.17) is 0 Å². The van der Waals surface area contributed by atoms with Crippen LogP contribution in [0.25, 0.3) is 11.0 Å². The van der Waals surface area contributed by atoms with Gasteiger partial charge in [0.25, 0.3) is 5.91 Å². The Balaban J connectivity index is 2.27. The number of aromatic nitrogens is 3. The van der Waals surface area contributed by atoms with E-state index >= 15 is 0 Å². The Kier molecular flexibility index (Phi) is 6.43. The van der Waals surface area contributed by atoms with Gasteiger partial charge in [-0.2, -0.15) is 16.9 Å². The minimum atomic E-state index is -0.0599. The van der Waals surface area contributed by atoms with E-state index in [9.17, 15) is 4.79 Å². The molecule has 1 N–H and O–H groups in total. The number of thioether (sulfide) groups is 2. The molecular weight excluding hydrogens is 352 g/mol. The molecule has 0 aliphatic heterocycles. The molecule has 0 radical (unpaired) electrons. The van der Waals surface area contributed by atoms with E-state index in [1.165, 1.54) is 0 Å². The highest BCUT2D eigenvalue weighted by atomic mass is 32.2. The second kappa shape index (κ2) is 7.99. The summed E-state index contributed by atoms with van der Waals surface area (Å²) in [6.45, 7) is 13.4. The first kappa shape index (κ1) is 20.1. The number of hydrogen-bond donors (Lipinski definition) is 1. The third-order valence-electron chi connectivity index (χ3n) is 3.50. The molecule has 5 nitrogen and oxygen atoms in total. The Bertz CT molecular complexity index is 763. The highest BCUT2D eigenvalue weighted by Gasteiger charge is 2.21. The van der Waals surface area contributed by atoms with Gasteiger partial charge in [0.15, 0.2) is 5.65 Å². The van der Waals surface area contributed by atoms with Crippen LogP contribution in [-0.4, -0.2) is 43.0 Å². The van der Waals surface area contributed by atoms with Crippen LogP contribution in [0.3, 0.4) is 0 Å². The third-order valence-corrected chi connectivity index (χ3v) is 5.91. The number of rotatable bonds is 6. The van der Waals surface area contributed by atoms with Crippen LogP contribution in [0.5, 0.6) is 0 Å². The number of carbonyl (C=O) groups is 1. The van der Waals surface area contributed by atoms with Crippen LogP contribution in [0.2, 0.25) is 0 Å². The van der Waals surface area contributed by atoms with Crippen molar-refractivity contribution in [3.63, 3.8) is 0 Å². The Morgan fingerprint density at radius 2 is 2.04 bits per heavy atom. The highest BCUT2D eigenvalue weighted by Crippen LogP contribution is 2.34. The molecule has 2 aromatic heterocycles. The molecule has 0 bridgehead atoms. The van der Waals surface area contributed by atoms with Crippen molar-refractivity contribution < 1.29 is 4.79 Å². The molecule has 0 aromatic carbocycles. The van der Waals surface area contributed by atoms with Gasteiger partial charge in [0.2, 0.25) is 0 Å². The quantitative estimate of drug-likeness (QED) is 0.605. The molecule has 0 saturated carbocycles. The smallest absolute Gasteiger partial charge is 0.254 e. The Labute approximate surface area is 158 Å². The minimum absolute atomic E-state index is 0.0599. The van der Waals surface area contributed by atoms with Gasteiger partial charge in [-0.15, -0.1) is 11.8 Å². The van der Waals surface area contributed by atoms with Gasteiger partial charge >= 0.3 is 0 Å². The van der Waals surface area contributed by atoms with Crippen molar-refractivity contribution in [2.45, 2.75) is 56.4 Å². The van der Waals surface area contributed by atoms with Gasteiger partial charge in [-0.1, -0.05) is 34.6 Å². The summed E-state index contributed by atoms with van der Waals surface area (Å²) in [5.41, 5.74) is 2.37. The monoisotopic (exact) mass is 380 g/mol. The number of fused-ring (bicyclic) bond motifs is 1. The Morgan fingerprint density at radius 1 is 1.36 bits per heavy atom. The number of aryl methyl sites for hydroxylation is 2. The zero-order chi connectivity index (χ0) is 18.8. The average Bonchev–Trinajstić information content (AvgIpc) is 2.77. The molecule has 0 atom stereocenters. The van der Waals surface area contributed by atoms with Crippen LogP contribution in [0.1, 0.15) is 50.7 Å². The fourth-order valence-electron chi connectivity index (χ4n) is 2.52. The molecule has 0 spiro atoms. The van der Waals surface area contributed by atoms with E-state index < -0.39 is 0 Å². The number of amides is 1. The summed E-state index contributed by atoms with van der Waals surface area (Å²) in [6.07, 6.45) is 1.68. The molecule has 1 amide bonds. The van der Waals surface area contributed by atoms with E-state index in [1.807, 2.05) is 25.7 Å². The van der Waals surface area contributed by atoms with Gasteiger partial charge < -0.3 is 5.32 Å². The van der Waals surface area contributed by atoms with Crippen molar-refractivity contribution in [1.82, 2.24) is 20.1 Å². The average molecular weight is 381 g/mol. The number of hydrogen-bond acceptors (Lipinski definition) is 5. The largest absolute Gasteiger partial charge is 0.351 e. The van der Waals surface area contributed by atoms with Crippen molar-refractivity contribution in [3.05, 3.63) is 17.5 Å². The van der Waals surface area contributed by atoms with E-state index in [0.717, 1.165) is 27.4 Å². The van der Waals surface area contributed by atoms with Crippen molar-refractivity contribution in [3.8, 4) is 0 Å². The van der Waals surface area contributed by atoms with Crippen LogP contribution >= 0.6 is 23.5 Å². The lowest BCUT2D eigenvalue weighted by Crippen LogP contribution is -2.27. The van der Waals surface area contributed by atoms with Crippen LogP contribution in [-0.2, 0) is 7.05 Å². The van der Waals surface area contributed by atoms with Crippen LogP contribution in [0.15, 0.2) is 11.1 Å². The first-order valence-corrected chi connectivity index (χ1v) is 10.4. The lowest BCUT2D eigenvalue weighted by Gasteiger charge is -2.18. The number of pyridine rings is 1. The normalized spacial score (nSPS) is 12.2. The fraction of sp³-hybridized carbons (Fsp3) is 0.611. The Hall–Kier alpha value is -1.21. The molecule has 0 aliphatic carbocycles. The topological polar surface area (TPSA) is 59.8 Å². The Morgan fingerprint density at radius 3 is 2.64 bits per heavy atom. The minimum Gasteiger partial charge on any atom is -0.351 e. The summed E-state index contributed by atoms with van der Waals surface area (Å²) in [5.74, 6) is 0.832. The summed E-state index contributed by atoms with van der Waals surface area (Å²) in [5, 5.41) is 8.86. The molecule has 0 saturated heterocycles. The van der Waals surface area contributed by atoms with Crippen molar-refractivity contribution in [2.24, 2.45) is 7.05 Å². The SMILES string of the molecule is Cc1nn(C)c2ncc(C(=O)NCCSC(C)(C)C)c(SC(C)C)c12. The second-order valence-electron chi connectivity index (χ2n) is 7.29. The van der Waals surface area contributed by atoms with Gasteiger partial charge in [-0.25, -0.2) is 4.98 Å². The van der Waals surface area contributed by atoms with Crippen molar-refractivity contribution >= 4 is 40.5 Å². The molecule has 0 aliphatic rings. The number of nitrogens with zero attached hydrogens (tertiary/aromatic N) is 3. The zero-order valence-electron chi connectivity index (χ0n) is 16.1. The third kappa shape index (κ3) is 5.14. The maximum Gasteiger partial charge on any atom is 0.254 e. The summed E-state index contributed by atoms with van der Waals surface area (Å²) in [6, 6.07) is 0. The predicted molar refractivity (Wildman–Crippen MR) is 109 cm³/mol. The molecule has 2 heterocycles. The maximum atomic E-state index is 12.7. The molecule has 2 rings (SSSR count). The van der Waals surface area contributed by atoms with E-state index in [2.05, 4.69) is 50.0 Å². The molecule has 7 heteroatoms. The van der Waals surface area contributed by atoms with E-state index in [0.29, 0.717) is 17.4 Å².